The second kappa shape index (κ2) is 8.11. The highest BCUT2D eigenvalue weighted by Gasteiger charge is 2.08. The van der Waals surface area contributed by atoms with Crippen LogP contribution >= 0.6 is 23.5 Å². The van der Waals surface area contributed by atoms with Crippen LogP contribution in [0.2, 0.25) is 0 Å². The quantitative estimate of drug-likeness (QED) is 0.614. The van der Waals surface area contributed by atoms with Crippen LogP contribution in [0.3, 0.4) is 0 Å². The molecule has 0 spiro atoms. The third kappa shape index (κ3) is 6.03. The van der Waals surface area contributed by atoms with Gasteiger partial charge in [0.15, 0.2) is 5.16 Å². The molecule has 2 aromatic rings. The number of aromatic amines is 1. The number of aromatic nitrogens is 2. The number of nitrogens with one attached hydrogen (secondary N) is 2. The molecular formula is C14H13F2N3O2S2. The first-order valence-corrected chi connectivity index (χ1v) is 8.34. The first-order valence-electron chi connectivity index (χ1n) is 6.48. The molecule has 1 heterocycles. The molecule has 23 heavy (non-hydrogen) atoms. The highest BCUT2D eigenvalue weighted by atomic mass is 32.2. The van der Waals surface area contributed by atoms with Gasteiger partial charge < -0.3 is 10.3 Å². The van der Waals surface area contributed by atoms with Crippen LogP contribution in [0.25, 0.3) is 0 Å². The van der Waals surface area contributed by atoms with E-state index in [2.05, 4.69) is 15.3 Å². The van der Waals surface area contributed by atoms with E-state index in [4.69, 9.17) is 0 Å². The summed E-state index contributed by atoms with van der Waals surface area (Å²) in [4.78, 5) is 30.2. The Hall–Kier alpha value is -1.87. The van der Waals surface area contributed by atoms with E-state index in [-0.39, 0.29) is 17.2 Å². The van der Waals surface area contributed by atoms with Gasteiger partial charge in [0.1, 0.15) is 0 Å². The number of H-pyrrole nitrogens is 1. The van der Waals surface area contributed by atoms with Crippen molar-refractivity contribution < 1.29 is 13.6 Å². The molecule has 2 rings (SSSR count). The number of nitrogens with zero attached hydrogens (tertiary/aromatic N) is 1. The lowest BCUT2D eigenvalue weighted by atomic mass is 10.3. The normalized spacial score (nSPS) is 10.8. The molecule has 1 aromatic heterocycles. The highest BCUT2D eigenvalue weighted by Crippen LogP contribution is 2.26. The molecule has 1 amide bonds. The first-order chi connectivity index (χ1) is 10.9. The zero-order valence-electron chi connectivity index (χ0n) is 12.0. The van der Waals surface area contributed by atoms with Gasteiger partial charge in [0, 0.05) is 22.3 Å². The number of halogens is 2. The van der Waals surface area contributed by atoms with Crippen LogP contribution in [0.4, 0.5) is 14.5 Å². The molecule has 0 bridgehead atoms. The minimum atomic E-state index is -2.48. The van der Waals surface area contributed by atoms with E-state index >= 15 is 0 Å². The second-order valence-corrected chi connectivity index (χ2v) is 6.46. The molecule has 0 radical (unpaired) electrons. The van der Waals surface area contributed by atoms with Crippen molar-refractivity contribution >= 4 is 35.1 Å². The molecular weight excluding hydrogens is 344 g/mol. The Morgan fingerprint density at radius 1 is 1.35 bits per heavy atom. The fourth-order valence-corrected chi connectivity index (χ4v) is 2.89. The molecule has 2 N–H and O–H groups in total. The lowest BCUT2D eigenvalue weighted by Gasteiger charge is -2.06. The molecule has 0 aliphatic rings. The average Bonchev–Trinajstić information content (AvgIpc) is 2.46. The van der Waals surface area contributed by atoms with Crippen molar-refractivity contribution in [2.75, 3.05) is 11.1 Å². The van der Waals surface area contributed by atoms with Gasteiger partial charge in [0.2, 0.25) is 5.91 Å². The van der Waals surface area contributed by atoms with Crippen molar-refractivity contribution in [1.29, 1.82) is 0 Å². The van der Waals surface area contributed by atoms with Crippen LogP contribution in [0, 0.1) is 6.92 Å². The molecule has 9 heteroatoms. The minimum Gasteiger partial charge on any atom is -0.325 e. The summed E-state index contributed by atoms with van der Waals surface area (Å²) in [5.41, 5.74) is 0.816. The van der Waals surface area contributed by atoms with Gasteiger partial charge in [-0.1, -0.05) is 23.5 Å². The van der Waals surface area contributed by atoms with E-state index in [1.807, 2.05) is 0 Å². The Morgan fingerprint density at radius 3 is 2.65 bits per heavy atom. The molecule has 0 aliphatic carbocycles. The van der Waals surface area contributed by atoms with Gasteiger partial charge in [-0.2, -0.15) is 8.78 Å². The number of anilines is 1. The number of amides is 1. The molecule has 0 unspecified atom stereocenters. The highest BCUT2D eigenvalue weighted by molar-refractivity contribution is 8.00. The van der Waals surface area contributed by atoms with Crippen LogP contribution in [0.1, 0.15) is 5.69 Å². The zero-order valence-corrected chi connectivity index (χ0v) is 13.6. The Labute approximate surface area is 139 Å². The number of hydrogen-bond acceptors (Lipinski definition) is 5. The van der Waals surface area contributed by atoms with E-state index in [0.29, 0.717) is 33.2 Å². The minimum absolute atomic E-state index is 0.0694. The van der Waals surface area contributed by atoms with E-state index in [1.54, 1.807) is 19.1 Å². The molecule has 122 valence electrons. The van der Waals surface area contributed by atoms with Crippen LogP contribution in [0.5, 0.6) is 0 Å². The lowest BCUT2D eigenvalue weighted by Crippen LogP contribution is -2.15. The fraction of sp³-hybridized carbons (Fsp3) is 0.214. The van der Waals surface area contributed by atoms with Gasteiger partial charge in [-0.25, -0.2) is 4.98 Å². The van der Waals surface area contributed by atoms with Crippen molar-refractivity contribution in [2.24, 2.45) is 0 Å². The van der Waals surface area contributed by atoms with Crippen LogP contribution in [-0.2, 0) is 4.79 Å². The van der Waals surface area contributed by atoms with Gasteiger partial charge in [-0.05, 0) is 31.2 Å². The van der Waals surface area contributed by atoms with Crippen molar-refractivity contribution in [3.63, 3.8) is 0 Å². The maximum Gasteiger partial charge on any atom is 0.288 e. The second-order valence-electron chi connectivity index (χ2n) is 4.43. The Morgan fingerprint density at radius 2 is 2.04 bits per heavy atom. The molecule has 1 aromatic carbocycles. The summed E-state index contributed by atoms with van der Waals surface area (Å²) >= 11 is 1.55. The predicted octanol–water partition coefficient (Wildman–Crippen LogP) is 3.12. The number of thioether (sulfide) groups is 2. The van der Waals surface area contributed by atoms with Crippen molar-refractivity contribution in [2.45, 2.75) is 22.7 Å². The lowest BCUT2D eigenvalue weighted by molar-refractivity contribution is -0.113. The maximum absolute atomic E-state index is 12.2. The third-order valence-electron chi connectivity index (χ3n) is 2.55. The summed E-state index contributed by atoms with van der Waals surface area (Å²) < 4.78 is 24.4. The standard InChI is InChI=1S/C14H13F2N3O2S2/c1-8-6-11(20)19-14(17-8)22-7-12(21)18-9-2-4-10(5-3-9)23-13(15)16/h2-6,13H,7H2,1H3,(H,18,21)(H,17,19,20). The topological polar surface area (TPSA) is 74.8 Å². The number of carbonyl (C=O) groups is 1. The predicted molar refractivity (Wildman–Crippen MR) is 87.3 cm³/mol. The van der Waals surface area contributed by atoms with E-state index in [0.717, 1.165) is 11.8 Å². The molecule has 0 fully saturated rings. The number of alkyl halides is 2. The van der Waals surface area contributed by atoms with Gasteiger partial charge >= 0.3 is 0 Å². The van der Waals surface area contributed by atoms with E-state index in [1.165, 1.54) is 18.2 Å². The third-order valence-corrected chi connectivity index (χ3v) is 4.15. The molecule has 0 saturated heterocycles. The number of hydrogen-bond donors (Lipinski definition) is 2. The van der Waals surface area contributed by atoms with E-state index < -0.39 is 5.76 Å². The number of benzene rings is 1. The summed E-state index contributed by atoms with van der Waals surface area (Å²) in [7, 11) is 0. The van der Waals surface area contributed by atoms with Gasteiger partial charge in [-0.3, -0.25) is 9.59 Å². The summed E-state index contributed by atoms with van der Waals surface area (Å²) in [5, 5.41) is 3.01. The van der Waals surface area contributed by atoms with E-state index in [9.17, 15) is 18.4 Å². The SMILES string of the molecule is Cc1cc(=O)[nH]c(SCC(=O)Nc2ccc(SC(F)F)cc2)n1. The monoisotopic (exact) mass is 357 g/mol. The maximum atomic E-state index is 12.2. The van der Waals surface area contributed by atoms with Gasteiger partial charge in [0.05, 0.1) is 5.75 Å². The largest absolute Gasteiger partial charge is 0.325 e. The van der Waals surface area contributed by atoms with Crippen LogP contribution < -0.4 is 10.9 Å². The Kier molecular flexibility index (Phi) is 6.17. The molecule has 0 saturated carbocycles. The molecule has 0 atom stereocenters. The summed E-state index contributed by atoms with van der Waals surface area (Å²) in [6, 6.07) is 7.50. The molecule has 5 nitrogen and oxygen atoms in total. The summed E-state index contributed by atoms with van der Waals surface area (Å²) in [6.45, 7) is 1.69. The zero-order chi connectivity index (χ0) is 16.8. The number of aryl methyl sites for hydroxylation is 1. The first kappa shape index (κ1) is 17.5. The molecule has 0 aliphatic heterocycles. The number of rotatable bonds is 6. The van der Waals surface area contributed by atoms with Gasteiger partial charge in [-0.15, -0.1) is 0 Å². The van der Waals surface area contributed by atoms with Gasteiger partial charge in [0.25, 0.3) is 11.3 Å². The van der Waals surface area contributed by atoms with Crippen LogP contribution in [0.15, 0.2) is 45.2 Å². The van der Waals surface area contributed by atoms with Crippen molar-refractivity contribution in [3.8, 4) is 0 Å². The Balaban J connectivity index is 1.88. The Bertz CT molecular complexity index is 736. The smallest absolute Gasteiger partial charge is 0.288 e. The average molecular weight is 357 g/mol. The fourth-order valence-electron chi connectivity index (χ4n) is 1.67. The summed E-state index contributed by atoms with van der Waals surface area (Å²) in [6.07, 6.45) is 0. The summed E-state index contributed by atoms with van der Waals surface area (Å²) in [5.74, 6) is -2.69. The van der Waals surface area contributed by atoms with Crippen molar-refractivity contribution in [1.82, 2.24) is 9.97 Å². The van der Waals surface area contributed by atoms with Crippen molar-refractivity contribution in [3.05, 3.63) is 46.4 Å². The van der Waals surface area contributed by atoms with Crippen LogP contribution in [-0.4, -0.2) is 27.4 Å². The number of carbonyl (C=O) groups excluding carboxylic acids is 1.